The van der Waals surface area contributed by atoms with Crippen LogP contribution in [0.15, 0.2) is 0 Å². The number of hydroxylamine groups is 1. The Morgan fingerprint density at radius 1 is 1.58 bits per heavy atom. The molecule has 3 N–H and O–H groups in total. The first kappa shape index (κ1) is 11.4. The van der Waals surface area contributed by atoms with Gasteiger partial charge >= 0.3 is 0 Å². The lowest BCUT2D eigenvalue weighted by molar-refractivity contribution is -0.134. The third-order valence-electron chi connectivity index (χ3n) is 1.38. The van der Waals surface area contributed by atoms with Gasteiger partial charge in [-0.1, -0.05) is 13.8 Å². The van der Waals surface area contributed by atoms with E-state index in [1.54, 1.807) is 6.92 Å². The fourth-order valence-corrected chi connectivity index (χ4v) is 0.834. The summed E-state index contributed by atoms with van der Waals surface area (Å²) in [4.78, 5) is 15.8. The molecule has 0 spiro atoms. The molecular weight excluding hydrogens is 156 g/mol. The summed E-state index contributed by atoms with van der Waals surface area (Å²) in [6.45, 7) is 6.30. The molecule has 1 amide bonds. The van der Waals surface area contributed by atoms with Gasteiger partial charge in [-0.2, -0.15) is 0 Å². The van der Waals surface area contributed by atoms with Gasteiger partial charge in [0.2, 0.25) is 0 Å². The Kier molecular flexibility index (Phi) is 5.66. The van der Waals surface area contributed by atoms with E-state index in [-0.39, 0.29) is 5.91 Å². The van der Waals surface area contributed by atoms with Crippen molar-refractivity contribution in [2.24, 2.45) is 11.7 Å². The van der Waals surface area contributed by atoms with Crippen LogP contribution in [0, 0.1) is 5.92 Å². The Hall–Kier alpha value is -0.610. The molecule has 0 aliphatic rings. The molecule has 0 fully saturated rings. The van der Waals surface area contributed by atoms with Crippen molar-refractivity contribution in [2.75, 3.05) is 6.61 Å². The average molecular weight is 174 g/mol. The molecule has 0 heterocycles. The van der Waals surface area contributed by atoms with Gasteiger partial charge in [-0.3, -0.25) is 9.63 Å². The van der Waals surface area contributed by atoms with E-state index in [9.17, 15) is 4.79 Å². The lowest BCUT2D eigenvalue weighted by Crippen LogP contribution is -2.41. The molecule has 0 aromatic heterocycles. The van der Waals surface area contributed by atoms with E-state index in [0.717, 1.165) is 0 Å². The lowest BCUT2D eigenvalue weighted by atomic mass is 10.0. The maximum atomic E-state index is 11.1. The van der Waals surface area contributed by atoms with Crippen molar-refractivity contribution >= 4 is 5.91 Å². The zero-order valence-corrected chi connectivity index (χ0v) is 7.96. The first-order chi connectivity index (χ1) is 5.57. The number of carbonyl (C=O) groups excluding carboxylic acids is 1. The predicted molar refractivity (Wildman–Crippen MR) is 47.2 cm³/mol. The molecule has 4 nitrogen and oxygen atoms in total. The summed E-state index contributed by atoms with van der Waals surface area (Å²) in [5.74, 6) is 0.179. The molecule has 0 aliphatic heterocycles. The van der Waals surface area contributed by atoms with Crippen molar-refractivity contribution in [1.29, 1.82) is 0 Å². The first-order valence-electron chi connectivity index (χ1n) is 4.25. The van der Waals surface area contributed by atoms with Crippen LogP contribution in [-0.2, 0) is 9.63 Å². The van der Waals surface area contributed by atoms with Gasteiger partial charge in [0, 0.05) is 0 Å². The molecule has 0 radical (unpaired) electrons. The molecular formula is C8H18N2O2. The molecule has 12 heavy (non-hydrogen) atoms. The van der Waals surface area contributed by atoms with Gasteiger partial charge in [0.15, 0.2) is 0 Å². The molecule has 4 heteroatoms. The molecule has 0 saturated heterocycles. The molecule has 0 aromatic rings. The largest absolute Gasteiger partial charge is 0.320 e. The molecule has 0 aromatic carbocycles. The van der Waals surface area contributed by atoms with Crippen LogP contribution in [0.25, 0.3) is 0 Å². The summed E-state index contributed by atoms with van der Waals surface area (Å²) >= 11 is 0. The summed E-state index contributed by atoms with van der Waals surface area (Å²) in [5.41, 5.74) is 7.84. The van der Waals surface area contributed by atoms with E-state index in [0.29, 0.717) is 18.9 Å². The molecule has 0 saturated carbocycles. The average Bonchev–Trinajstić information content (AvgIpc) is 1.98. The van der Waals surface area contributed by atoms with Gasteiger partial charge in [-0.05, 0) is 19.3 Å². The lowest BCUT2D eigenvalue weighted by Gasteiger charge is -2.12. The van der Waals surface area contributed by atoms with E-state index < -0.39 is 6.04 Å². The van der Waals surface area contributed by atoms with E-state index in [1.807, 2.05) is 13.8 Å². The Morgan fingerprint density at radius 3 is 2.58 bits per heavy atom. The minimum atomic E-state index is -0.462. The smallest absolute Gasteiger partial charge is 0.260 e. The third kappa shape index (κ3) is 5.09. The molecule has 0 rings (SSSR count). The van der Waals surface area contributed by atoms with Crippen LogP contribution in [0.5, 0.6) is 0 Å². The van der Waals surface area contributed by atoms with E-state index in [2.05, 4.69) is 5.48 Å². The monoisotopic (exact) mass is 174 g/mol. The van der Waals surface area contributed by atoms with Crippen LogP contribution in [0.2, 0.25) is 0 Å². The van der Waals surface area contributed by atoms with Gasteiger partial charge in [0.05, 0.1) is 12.6 Å². The van der Waals surface area contributed by atoms with Crippen molar-refractivity contribution in [3.63, 3.8) is 0 Å². The van der Waals surface area contributed by atoms with E-state index >= 15 is 0 Å². The Bertz CT molecular complexity index is 137. The Labute approximate surface area is 73.4 Å². The van der Waals surface area contributed by atoms with E-state index in [1.165, 1.54) is 0 Å². The maximum absolute atomic E-state index is 11.1. The molecule has 1 unspecified atom stereocenters. The van der Waals surface area contributed by atoms with E-state index in [4.69, 9.17) is 10.6 Å². The molecule has 72 valence electrons. The number of nitrogens with one attached hydrogen (secondary N) is 1. The Balaban J connectivity index is 3.61. The van der Waals surface area contributed by atoms with Gasteiger partial charge in [0.1, 0.15) is 0 Å². The fourth-order valence-electron chi connectivity index (χ4n) is 0.834. The number of amides is 1. The number of nitrogens with two attached hydrogens (primary N) is 1. The highest BCUT2D eigenvalue weighted by Crippen LogP contribution is 2.02. The summed E-state index contributed by atoms with van der Waals surface area (Å²) in [6.07, 6.45) is 0.679. The van der Waals surface area contributed by atoms with Crippen molar-refractivity contribution in [3.05, 3.63) is 0 Å². The molecule has 0 aliphatic carbocycles. The summed E-state index contributed by atoms with van der Waals surface area (Å²) in [5, 5.41) is 0. The van der Waals surface area contributed by atoms with Crippen LogP contribution in [0.4, 0.5) is 0 Å². The highest BCUT2D eigenvalue weighted by Gasteiger charge is 2.14. The summed E-state index contributed by atoms with van der Waals surface area (Å²) in [6, 6.07) is -0.462. The highest BCUT2D eigenvalue weighted by molar-refractivity contribution is 5.80. The number of hydrogen-bond donors (Lipinski definition) is 2. The second-order valence-electron chi connectivity index (χ2n) is 3.14. The quantitative estimate of drug-likeness (QED) is 0.594. The van der Waals surface area contributed by atoms with Gasteiger partial charge < -0.3 is 5.73 Å². The standard InChI is InChI=1S/C8H18N2O2/c1-4-12-10-8(11)7(9)5-6(2)3/h6-7H,4-5,9H2,1-3H3,(H,10,11). The van der Waals surface area contributed by atoms with Crippen molar-refractivity contribution in [2.45, 2.75) is 33.2 Å². The minimum Gasteiger partial charge on any atom is -0.320 e. The zero-order chi connectivity index (χ0) is 9.56. The van der Waals surface area contributed by atoms with Crippen LogP contribution in [0.1, 0.15) is 27.2 Å². The highest BCUT2D eigenvalue weighted by atomic mass is 16.6. The normalized spacial score (nSPS) is 13.1. The van der Waals surface area contributed by atoms with Crippen molar-refractivity contribution in [1.82, 2.24) is 5.48 Å². The summed E-state index contributed by atoms with van der Waals surface area (Å²) < 4.78 is 0. The number of hydrogen-bond acceptors (Lipinski definition) is 3. The van der Waals surface area contributed by atoms with Gasteiger partial charge in [-0.25, -0.2) is 5.48 Å². The van der Waals surface area contributed by atoms with Crippen molar-refractivity contribution in [3.8, 4) is 0 Å². The van der Waals surface area contributed by atoms with Crippen LogP contribution < -0.4 is 11.2 Å². The van der Waals surface area contributed by atoms with Gasteiger partial charge in [-0.15, -0.1) is 0 Å². The molecule has 0 bridgehead atoms. The minimum absolute atomic E-state index is 0.245. The molecule has 1 atom stereocenters. The first-order valence-corrected chi connectivity index (χ1v) is 4.25. The Morgan fingerprint density at radius 2 is 2.17 bits per heavy atom. The van der Waals surface area contributed by atoms with Crippen molar-refractivity contribution < 1.29 is 9.63 Å². The maximum Gasteiger partial charge on any atom is 0.260 e. The van der Waals surface area contributed by atoms with Crippen LogP contribution in [0.3, 0.4) is 0 Å². The fraction of sp³-hybridized carbons (Fsp3) is 0.875. The topological polar surface area (TPSA) is 64.3 Å². The second-order valence-corrected chi connectivity index (χ2v) is 3.14. The third-order valence-corrected chi connectivity index (χ3v) is 1.38. The van der Waals surface area contributed by atoms with Crippen LogP contribution in [-0.4, -0.2) is 18.6 Å². The second kappa shape index (κ2) is 5.97. The predicted octanol–water partition coefficient (Wildman–Crippen LogP) is 0.427. The number of rotatable bonds is 5. The van der Waals surface area contributed by atoms with Crippen LogP contribution >= 0.6 is 0 Å². The SMILES string of the molecule is CCONC(=O)C(N)CC(C)C. The van der Waals surface area contributed by atoms with Gasteiger partial charge in [0.25, 0.3) is 5.91 Å². The zero-order valence-electron chi connectivity index (χ0n) is 7.96. The summed E-state index contributed by atoms with van der Waals surface area (Å²) in [7, 11) is 0. The number of carbonyl (C=O) groups is 1.